The molecule has 18 heavy (non-hydrogen) atoms. The smallest absolute Gasteiger partial charge is 0.240 e. The van der Waals surface area contributed by atoms with Gasteiger partial charge < -0.3 is 10.0 Å². The maximum atomic E-state index is 12.6. The van der Waals surface area contributed by atoms with Crippen molar-refractivity contribution >= 4 is 5.91 Å². The van der Waals surface area contributed by atoms with E-state index in [1.54, 1.807) is 0 Å². The molecule has 2 rings (SSSR count). The van der Waals surface area contributed by atoms with Crippen molar-refractivity contribution < 1.29 is 9.90 Å². The lowest BCUT2D eigenvalue weighted by atomic mass is 9.93. The molecule has 2 aliphatic rings. The fourth-order valence-electron chi connectivity index (χ4n) is 3.36. The lowest BCUT2D eigenvalue weighted by Gasteiger charge is -2.35. The number of rotatable bonds is 3. The molecule has 0 spiro atoms. The first kappa shape index (κ1) is 13.8. The summed E-state index contributed by atoms with van der Waals surface area (Å²) in [6.45, 7) is 1.95. The van der Waals surface area contributed by atoms with Gasteiger partial charge in [-0.25, -0.2) is 0 Å². The number of carbonyl (C=O) groups is 1. The molecule has 1 heterocycles. The summed E-state index contributed by atoms with van der Waals surface area (Å²) in [7, 11) is 2.00. The highest BCUT2D eigenvalue weighted by atomic mass is 16.3. The fraction of sp³-hybridized carbons (Fsp3) is 0.929. The lowest BCUT2D eigenvalue weighted by Crippen LogP contribution is -2.49. The monoisotopic (exact) mass is 254 g/mol. The van der Waals surface area contributed by atoms with E-state index < -0.39 is 0 Å². The summed E-state index contributed by atoms with van der Waals surface area (Å²) in [6, 6.07) is 0.346. The molecule has 1 saturated heterocycles. The predicted octanol–water partition coefficient (Wildman–Crippen LogP) is 1.23. The quantitative estimate of drug-likeness (QED) is 0.824. The SMILES string of the molecule is CN1CCCN(C2CCCCC2)C(=O)C1CCO. The zero-order chi connectivity index (χ0) is 13.0. The molecular weight excluding hydrogens is 228 g/mol. The minimum Gasteiger partial charge on any atom is -0.396 e. The molecule has 0 aromatic heterocycles. The molecule has 0 aromatic carbocycles. The van der Waals surface area contributed by atoms with Crippen LogP contribution in [0.5, 0.6) is 0 Å². The number of nitrogens with zero attached hydrogens (tertiary/aromatic N) is 2. The molecule has 1 aliphatic heterocycles. The van der Waals surface area contributed by atoms with E-state index >= 15 is 0 Å². The Morgan fingerprint density at radius 2 is 1.89 bits per heavy atom. The van der Waals surface area contributed by atoms with Crippen molar-refractivity contribution in [3.8, 4) is 0 Å². The van der Waals surface area contributed by atoms with Gasteiger partial charge in [0, 0.05) is 25.7 Å². The molecule has 4 heteroatoms. The van der Waals surface area contributed by atoms with Gasteiger partial charge in [0.15, 0.2) is 0 Å². The van der Waals surface area contributed by atoms with E-state index in [1.807, 2.05) is 7.05 Å². The van der Waals surface area contributed by atoms with Crippen LogP contribution in [0.25, 0.3) is 0 Å². The Kier molecular flexibility index (Phi) is 5.01. The summed E-state index contributed by atoms with van der Waals surface area (Å²) in [5.74, 6) is 0.246. The second-order valence-corrected chi connectivity index (χ2v) is 5.69. The number of hydrogen-bond acceptors (Lipinski definition) is 3. The van der Waals surface area contributed by atoms with Crippen LogP contribution in [0.15, 0.2) is 0 Å². The number of hydrogen-bond donors (Lipinski definition) is 1. The van der Waals surface area contributed by atoms with Gasteiger partial charge >= 0.3 is 0 Å². The number of aliphatic hydroxyl groups is 1. The molecule has 2 fully saturated rings. The van der Waals surface area contributed by atoms with Crippen molar-refractivity contribution in [2.45, 2.75) is 57.0 Å². The fourth-order valence-corrected chi connectivity index (χ4v) is 3.36. The summed E-state index contributed by atoms with van der Waals surface area (Å²) < 4.78 is 0. The first-order chi connectivity index (χ1) is 8.74. The lowest BCUT2D eigenvalue weighted by molar-refractivity contribution is -0.138. The van der Waals surface area contributed by atoms with Gasteiger partial charge in [-0.05, 0) is 32.7 Å². The third-order valence-corrected chi connectivity index (χ3v) is 4.43. The van der Waals surface area contributed by atoms with Crippen molar-refractivity contribution in [2.24, 2.45) is 0 Å². The zero-order valence-electron chi connectivity index (χ0n) is 11.5. The summed E-state index contributed by atoms with van der Waals surface area (Å²) in [4.78, 5) is 16.8. The van der Waals surface area contributed by atoms with Gasteiger partial charge in [0.2, 0.25) is 5.91 Å². The van der Waals surface area contributed by atoms with Gasteiger partial charge in [-0.3, -0.25) is 9.69 Å². The van der Waals surface area contributed by atoms with E-state index in [1.165, 1.54) is 32.1 Å². The molecule has 4 nitrogen and oxygen atoms in total. The van der Waals surface area contributed by atoms with Crippen molar-refractivity contribution in [2.75, 3.05) is 26.7 Å². The van der Waals surface area contributed by atoms with Gasteiger partial charge in [0.25, 0.3) is 0 Å². The summed E-state index contributed by atoms with van der Waals surface area (Å²) in [5.41, 5.74) is 0. The molecule has 0 bridgehead atoms. The van der Waals surface area contributed by atoms with Crippen LogP contribution in [0.3, 0.4) is 0 Å². The molecule has 1 amide bonds. The first-order valence-electron chi connectivity index (χ1n) is 7.35. The van der Waals surface area contributed by atoms with Crippen molar-refractivity contribution in [1.29, 1.82) is 0 Å². The van der Waals surface area contributed by atoms with E-state index in [0.717, 1.165) is 19.5 Å². The topological polar surface area (TPSA) is 43.8 Å². The van der Waals surface area contributed by atoms with Gasteiger partial charge in [-0.1, -0.05) is 19.3 Å². The highest BCUT2D eigenvalue weighted by Gasteiger charge is 2.34. The standard InChI is InChI=1S/C14H26N2O2/c1-15-9-5-10-16(12-6-3-2-4-7-12)14(18)13(15)8-11-17/h12-13,17H,2-11H2,1H3. The first-order valence-corrected chi connectivity index (χ1v) is 7.35. The average Bonchev–Trinajstić information content (AvgIpc) is 2.53. The Bertz CT molecular complexity index is 277. The Hall–Kier alpha value is -0.610. The van der Waals surface area contributed by atoms with Crippen LogP contribution in [0.1, 0.15) is 44.9 Å². The number of likely N-dealkylation sites (N-methyl/N-ethyl adjacent to an activating group) is 1. The second-order valence-electron chi connectivity index (χ2n) is 5.69. The minimum absolute atomic E-state index is 0.0965. The molecule has 0 aromatic rings. The molecule has 1 N–H and O–H groups in total. The minimum atomic E-state index is -0.112. The molecule has 1 saturated carbocycles. The Labute approximate surface area is 110 Å². The molecule has 1 aliphatic carbocycles. The third kappa shape index (κ3) is 3.04. The molecule has 0 radical (unpaired) electrons. The van der Waals surface area contributed by atoms with Crippen LogP contribution in [-0.2, 0) is 4.79 Å². The summed E-state index contributed by atoms with van der Waals surface area (Å²) in [5, 5.41) is 9.15. The van der Waals surface area contributed by atoms with Crippen LogP contribution in [0, 0.1) is 0 Å². The van der Waals surface area contributed by atoms with E-state index in [-0.39, 0.29) is 18.6 Å². The van der Waals surface area contributed by atoms with Gasteiger partial charge in [0.05, 0.1) is 6.04 Å². The normalized spacial score (nSPS) is 28.4. The van der Waals surface area contributed by atoms with Crippen molar-refractivity contribution in [1.82, 2.24) is 9.80 Å². The maximum Gasteiger partial charge on any atom is 0.240 e. The Morgan fingerprint density at radius 1 is 1.17 bits per heavy atom. The van der Waals surface area contributed by atoms with Gasteiger partial charge in [-0.2, -0.15) is 0 Å². The zero-order valence-corrected chi connectivity index (χ0v) is 11.5. The van der Waals surface area contributed by atoms with Crippen LogP contribution in [0.4, 0.5) is 0 Å². The van der Waals surface area contributed by atoms with Crippen LogP contribution in [0.2, 0.25) is 0 Å². The molecule has 104 valence electrons. The van der Waals surface area contributed by atoms with E-state index in [2.05, 4.69) is 9.80 Å². The van der Waals surface area contributed by atoms with Crippen LogP contribution in [-0.4, -0.2) is 59.6 Å². The highest BCUT2D eigenvalue weighted by Crippen LogP contribution is 2.25. The van der Waals surface area contributed by atoms with Gasteiger partial charge in [0.1, 0.15) is 0 Å². The Morgan fingerprint density at radius 3 is 2.56 bits per heavy atom. The molecule has 1 atom stereocenters. The number of aliphatic hydroxyl groups excluding tert-OH is 1. The summed E-state index contributed by atoms with van der Waals surface area (Å²) in [6.07, 6.45) is 7.80. The third-order valence-electron chi connectivity index (χ3n) is 4.43. The number of carbonyl (C=O) groups excluding carboxylic acids is 1. The summed E-state index contributed by atoms with van der Waals surface area (Å²) >= 11 is 0. The van der Waals surface area contributed by atoms with E-state index in [4.69, 9.17) is 5.11 Å². The van der Waals surface area contributed by atoms with Gasteiger partial charge in [-0.15, -0.1) is 0 Å². The predicted molar refractivity (Wildman–Crippen MR) is 71.3 cm³/mol. The van der Waals surface area contributed by atoms with Crippen LogP contribution < -0.4 is 0 Å². The van der Waals surface area contributed by atoms with Crippen molar-refractivity contribution in [3.05, 3.63) is 0 Å². The van der Waals surface area contributed by atoms with Crippen molar-refractivity contribution in [3.63, 3.8) is 0 Å². The average molecular weight is 254 g/mol. The largest absolute Gasteiger partial charge is 0.396 e. The number of amides is 1. The Balaban J connectivity index is 2.06. The maximum absolute atomic E-state index is 12.6. The van der Waals surface area contributed by atoms with Crippen LogP contribution >= 0.6 is 0 Å². The highest BCUT2D eigenvalue weighted by molar-refractivity contribution is 5.82. The van der Waals surface area contributed by atoms with E-state index in [0.29, 0.717) is 12.5 Å². The molecule has 1 unspecified atom stereocenters. The second kappa shape index (κ2) is 6.53. The van der Waals surface area contributed by atoms with E-state index in [9.17, 15) is 4.79 Å². The molecular formula is C14H26N2O2.